The molecule has 0 saturated carbocycles. The molecule has 0 aliphatic carbocycles. The number of phenolic OH excluding ortho intramolecular Hbond substituents is 1. The van der Waals surface area contributed by atoms with E-state index in [-0.39, 0.29) is 49.2 Å². The van der Waals surface area contributed by atoms with Crippen molar-refractivity contribution >= 4 is 28.9 Å². The number of hydrogen-bond acceptors (Lipinski definition) is 11. The van der Waals surface area contributed by atoms with Gasteiger partial charge in [0, 0.05) is 30.1 Å². The number of unbranched alkanes of at least 4 members (excludes halogenated alkanes) is 1. The minimum absolute atomic E-state index is 0.0696. The van der Waals surface area contributed by atoms with E-state index in [4.69, 9.17) is 14.2 Å². The Bertz CT molecular complexity index is 2290. The van der Waals surface area contributed by atoms with E-state index in [0.717, 1.165) is 49.2 Å². The summed E-state index contributed by atoms with van der Waals surface area (Å²) in [5, 5.41) is 30.2. The second-order valence-electron chi connectivity index (χ2n) is 15.2. The molecule has 0 radical (unpaired) electrons. The maximum absolute atomic E-state index is 13.2. The zero-order valence-electron chi connectivity index (χ0n) is 33.3. The number of aliphatic hydroxyl groups excluding tert-OH is 1. The number of aromatic hydroxyl groups is 1. The van der Waals surface area contributed by atoms with Gasteiger partial charge in [0.1, 0.15) is 30.8 Å². The van der Waals surface area contributed by atoms with Crippen molar-refractivity contribution in [2.75, 3.05) is 45.9 Å². The molecule has 3 fully saturated rings. The molecule has 5 aromatic rings. The molecule has 2 unspecified atom stereocenters. The number of aliphatic hydroxyl groups is 1. The highest BCUT2D eigenvalue weighted by molar-refractivity contribution is 5.96. The third-order valence-corrected chi connectivity index (χ3v) is 11.1. The molecule has 4 aromatic carbocycles. The number of carbonyl (C=O) groups is 3. The van der Waals surface area contributed by atoms with Crippen molar-refractivity contribution in [3.05, 3.63) is 141 Å². The second-order valence-corrected chi connectivity index (χ2v) is 15.2. The number of nitrogens with zero attached hydrogens (tertiary/aromatic N) is 1. The van der Waals surface area contributed by atoms with Gasteiger partial charge in [-0.2, -0.15) is 0 Å². The summed E-state index contributed by atoms with van der Waals surface area (Å²) in [5.74, 6) is 0.00244. The Morgan fingerprint density at radius 2 is 1.67 bits per heavy atom. The Morgan fingerprint density at radius 1 is 0.883 bits per heavy atom. The number of amides is 2. The van der Waals surface area contributed by atoms with Crippen LogP contribution in [0.4, 0.5) is 4.79 Å². The summed E-state index contributed by atoms with van der Waals surface area (Å²) in [6.45, 7) is 3.89. The largest absolute Gasteiger partial charge is 0.506 e. The van der Waals surface area contributed by atoms with Gasteiger partial charge in [-0.1, -0.05) is 60.7 Å². The van der Waals surface area contributed by atoms with Gasteiger partial charge in [-0.3, -0.25) is 19.3 Å². The third kappa shape index (κ3) is 11.1. The second kappa shape index (κ2) is 20.2. The lowest BCUT2D eigenvalue weighted by Crippen LogP contribution is -2.52. The highest BCUT2D eigenvalue weighted by atomic mass is 16.6. The van der Waals surface area contributed by atoms with Gasteiger partial charge < -0.3 is 45.4 Å². The van der Waals surface area contributed by atoms with E-state index in [0.29, 0.717) is 47.6 Å². The lowest BCUT2D eigenvalue weighted by Gasteiger charge is -2.43. The van der Waals surface area contributed by atoms with Crippen molar-refractivity contribution in [3.63, 3.8) is 0 Å². The topological polar surface area (TPSA) is 192 Å². The Kier molecular flexibility index (Phi) is 14.1. The van der Waals surface area contributed by atoms with Gasteiger partial charge in [0.25, 0.3) is 5.91 Å². The number of carbonyl (C=O) groups excluding carboxylic acids is 3. The van der Waals surface area contributed by atoms with Crippen LogP contribution in [0.15, 0.2) is 108 Å². The number of aromatic amines is 1. The van der Waals surface area contributed by atoms with Crippen LogP contribution in [0.5, 0.6) is 11.5 Å². The number of aromatic nitrogens is 1. The van der Waals surface area contributed by atoms with E-state index in [2.05, 4.69) is 25.8 Å². The van der Waals surface area contributed by atoms with Crippen molar-refractivity contribution in [3.8, 4) is 11.5 Å². The molecule has 314 valence electrons. The first-order valence-electron chi connectivity index (χ1n) is 20.4. The highest BCUT2D eigenvalue weighted by Crippen LogP contribution is 2.31. The third-order valence-electron chi connectivity index (χ3n) is 11.1. The highest BCUT2D eigenvalue weighted by Gasteiger charge is 2.37. The van der Waals surface area contributed by atoms with Crippen molar-refractivity contribution in [2.45, 2.75) is 50.5 Å². The van der Waals surface area contributed by atoms with E-state index < -0.39 is 30.1 Å². The normalized spacial score (nSPS) is 18.0. The summed E-state index contributed by atoms with van der Waals surface area (Å²) in [7, 11) is 0. The standard InChI is InChI=1S/C46H51N5O9/c52-38-17-15-36(37-16-18-41(54)49-44(37)38)39(53)26-47-21-4-5-24-58-42(55)27-48-45(56)33-13-11-30(12-14-33)29-59-35-10-6-9-34(25-35)43(32-7-2-1-3-8-32)50-46(57)60-40-28-51-22-19-31(40)20-23-51/h1-3,6-18,25,31,39-40,43,47,52-53H,4-5,19-24,26-29H2,(H,48,56)(H,49,54)(H,50,57)/t39?,40-,43?/m0/s1. The molecule has 3 saturated heterocycles. The number of esters is 1. The van der Waals surface area contributed by atoms with Gasteiger partial charge in [0.2, 0.25) is 5.56 Å². The molecular formula is C46H51N5O9. The first-order chi connectivity index (χ1) is 29.2. The number of piperidine rings is 3. The van der Waals surface area contributed by atoms with Gasteiger partial charge in [0.05, 0.1) is 24.3 Å². The average Bonchev–Trinajstić information content (AvgIpc) is 3.27. The molecule has 0 spiro atoms. The quantitative estimate of drug-likeness (QED) is 0.0510. The molecule has 1 aromatic heterocycles. The number of benzene rings is 4. The summed E-state index contributed by atoms with van der Waals surface area (Å²) in [4.78, 5) is 54.8. The summed E-state index contributed by atoms with van der Waals surface area (Å²) in [6.07, 6.45) is 1.97. The number of pyridine rings is 1. The molecule has 60 heavy (non-hydrogen) atoms. The molecule has 4 heterocycles. The molecule has 3 atom stereocenters. The Balaban J connectivity index is 0.807. The monoisotopic (exact) mass is 817 g/mol. The summed E-state index contributed by atoms with van der Waals surface area (Å²) < 4.78 is 17.4. The Labute approximate surface area is 347 Å². The molecule has 3 aliphatic heterocycles. The fourth-order valence-electron chi connectivity index (χ4n) is 7.78. The molecule has 2 bridgehead atoms. The van der Waals surface area contributed by atoms with Gasteiger partial charge in [0.15, 0.2) is 0 Å². The molecule has 2 amide bonds. The van der Waals surface area contributed by atoms with Crippen molar-refractivity contribution in [1.29, 1.82) is 0 Å². The van der Waals surface area contributed by atoms with Crippen molar-refractivity contribution in [2.24, 2.45) is 5.92 Å². The number of nitrogens with one attached hydrogen (secondary N) is 4. The van der Waals surface area contributed by atoms with Crippen LogP contribution < -0.4 is 26.2 Å². The number of alkyl carbamates (subject to hydrolysis) is 1. The summed E-state index contributed by atoms with van der Waals surface area (Å²) in [6, 6.07) is 29.8. The molecule has 6 N–H and O–H groups in total. The molecular weight excluding hydrogens is 767 g/mol. The number of hydrogen-bond donors (Lipinski definition) is 6. The fourth-order valence-corrected chi connectivity index (χ4v) is 7.78. The molecule has 14 nitrogen and oxygen atoms in total. The maximum Gasteiger partial charge on any atom is 0.408 e. The number of H-pyrrole nitrogens is 1. The lowest BCUT2D eigenvalue weighted by atomic mass is 9.86. The van der Waals surface area contributed by atoms with Crippen molar-refractivity contribution < 1.29 is 38.8 Å². The molecule has 8 rings (SSSR count). The first kappa shape index (κ1) is 41.9. The van der Waals surface area contributed by atoms with E-state index in [9.17, 15) is 29.4 Å². The zero-order chi connectivity index (χ0) is 41.8. The predicted molar refractivity (Wildman–Crippen MR) is 225 cm³/mol. The average molecular weight is 818 g/mol. The van der Waals surface area contributed by atoms with Crippen molar-refractivity contribution in [1.82, 2.24) is 25.8 Å². The van der Waals surface area contributed by atoms with Crippen LogP contribution in [-0.4, -0.2) is 90.0 Å². The SMILES string of the molecule is O=C(CNC(=O)c1ccc(COc2cccc(C(NC(=O)O[C@H]3CN4CCC3CC4)c3ccccc3)c2)cc1)OCCCCNCC(O)c1ccc(O)c2[nH]c(=O)ccc12. The minimum Gasteiger partial charge on any atom is -0.506 e. The van der Waals surface area contributed by atoms with Crippen LogP contribution in [0, 0.1) is 5.92 Å². The minimum atomic E-state index is -0.866. The van der Waals surface area contributed by atoms with Gasteiger partial charge in [-0.05, 0) is 110 Å². The van der Waals surface area contributed by atoms with Gasteiger partial charge in [-0.15, -0.1) is 0 Å². The van der Waals surface area contributed by atoms with E-state index >= 15 is 0 Å². The number of rotatable bonds is 18. The van der Waals surface area contributed by atoms with Crippen LogP contribution in [0.3, 0.4) is 0 Å². The fraction of sp³-hybridized carbons (Fsp3) is 0.348. The molecule has 14 heteroatoms. The molecule has 3 aliphatic rings. The number of ether oxygens (including phenoxy) is 3. The van der Waals surface area contributed by atoms with E-state index in [1.54, 1.807) is 36.4 Å². The van der Waals surface area contributed by atoms with Crippen LogP contribution >= 0.6 is 0 Å². The maximum atomic E-state index is 13.2. The van der Waals surface area contributed by atoms with Gasteiger partial charge >= 0.3 is 12.1 Å². The smallest absolute Gasteiger partial charge is 0.408 e. The van der Waals surface area contributed by atoms with Crippen LogP contribution in [0.2, 0.25) is 0 Å². The summed E-state index contributed by atoms with van der Waals surface area (Å²) in [5.41, 5.74) is 3.50. The van der Waals surface area contributed by atoms with E-state index in [1.165, 1.54) is 12.1 Å². The Morgan fingerprint density at radius 3 is 2.43 bits per heavy atom. The first-order valence-corrected chi connectivity index (χ1v) is 20.4. The number of fused-ring (bicyclic) bond motifs is 4. The van der Waals surface area contributed by atoms with Crippen LogP contribution in [0.1, 0.15) is 70.4 Å². The number of phenols is 1. The van der Waals surface area contributed by atoms with E-state index in [1.807, 2.05) is 54.6 Å². The summed E-state index contributed by atoms with van der Waals surface area (Å²) >= 11 is 0. The predicted octanol–water partition coefficient (Wildman–Crippen LogP) is 5.10. The Hall–Kier alpha value is -6.22. The lowest BCUT2D eigenvalue weighted by molar-refractivity contribution is -0.142. The zero-order valence-corrected chi connectivity index (χ0v) is 33.3. The van der Waals surface area contributed by atoms with Crippen LogP contribution in [0.25, 0.3) is 10.9 Å². The van der Waals surface area contributed by atoms with Crippen LogP contribution in [-0.2, 0) is 20.9 Å². The van der Waals surface area contributed by atoms with Gasteiger partial charge in [-0.25, -0.2) is 4.79 Å².